The van der Waals surface area contributed by atoms with Crippen molar-refractivity contribution in [1.29, 1.82) is 0 Å². The molecule has 374 valence electrons. The van der Waals surface area contributed by atoms with Gasteiger partial charge in [0, 0.05) is 19.3 Å². The van der Waals surface area contributed by atoms with Crippen LogP contribution < -0.4 is 0 Å². The van der Waals surface area contributed by atoms with Crippen LogP contribution in [0.4, 0.5) is 0 Å². The summed E-state index contributed by atoms with van der Waals surface area (Å²) in [6.07, 6.45) is 67.4. The Morgan fingerprint density at radius 2 is 0.646 bits per heavy atom. The lowest BCUT2D eigenvalue weighted by molar-refractivity contribution is -0.167. The van der Waals surface area contributed by atoms with Crippen molar-refractivity contribution in [3.63, 3.8) is 0 Å². The van der Waals surface area contributed by atoms with Gasteiger partial charge in [-0.3, -0.25) is 14.4 Å². The van der Waals surface area contributed by atoms with E-state index < -0.39 is 6.10 Å². The fourth-order valence-corrected chi connectivity index (χ4v) is 7.56. The highest BCUT2D eigenvalue weighted by Gasteiger charge is 2.19. The van der Waals surface area contributed by atoms with Gasteiger partial charge in [0.2, 0.25) is 0 Å². The Bertz CT molecular complexity index is 1230. The van der Waals surface area contributed by atoms with Gasteiger partial charge in [0.25, 0.3) is 0 Å². The first-order chi connectivity index (χ1) is 32.0. The summed E-state index contributed by atoms with van der Waals surface area (Å²) < 4.78 is 16.8. The first-order valence-electron chi connectivity index (χ1n) is 27.5. The second-order valence-corrected chi connectivity index (χ2v) is 18.1. The summed E-state index contributed by atoms with van der Waals surface area (Å²) in [5.74, 6) is -0.945. The van der Waals surface area contributed by atoms with Crippen LogP contribution in [0.25, 0.3) is 0 Å². The monoisotopic (exact) mass is 907 g/mol. The standard InChI is InChI=1S/C59H102O6/c1-4-7-10-13-16-19-22-25-28-30-32-34-37-40-43-46-49-52-58(61)64-55-56(54-63-57(60)51-48-45-42-39-36-33-27-24-21-18-15-12-9-6-3)65-59(62)53-50-47-44-41-38-35-31-29-26-23-20-17-14-11-8-5-2/h9,12,18,21,25,27-29,31,33,35,38,56H,4-8,10-11,13-17,19-20,22-24,26,30,32,34,36-37,39-55H2,1-3H3/b12-9-,21-18-,28-25-,31-29-,33-27-,38-35-. The molecule has 6 nitrogen and oxygen atoms in total. The van der Waals surface area contributed by atoms with Crippen molar-refractivity contribution in [2.45, 2.75) is 271 Å². The van der Waals surface area contributed by atoms with Gasteiger partial charge in [0.1, 0.15) is 13.2 Å². The number of hydrogen-bond donors (Lipinski definition) is 0. The van der Waals surface area contributed by atoms with E-state index in [2.05, 4.69) is 93.7 Å². The van der Waals surface area contributed by atoms with Crippen LogP contribution in [0, 0.1) is 0 Å². The molecule has 0 saturated carbocycles. The summed E-state index contributed by atoms with van der Waals surface area (Å²) in [6.45, 7) is 6.48. The first kappa shape index (κ1) is 61.9. The maximum absolute atomic E-state index is 12.8. The first-order valence-corrected chi connectivity index (χ1v) is 27.5. The summed E-state index contributed by atoms with van der Waals surface area (Å²) in [7, 11) is 0. The molecule has 0 aromatic heterocycles. The van der Waals surface area contributed by atoms with Crippen LogP contribution in [0.5, 0.6) is 0 Å². The molecule has 0 aliphatic heterocycles. The van der Waals surface area contributed by atoms with E-state index in [4.69, 9.17) is 14.2 Å². The number of hydrogen-bond acceptors (Lipinski definition) is 6. The highest BCUT2D eigenvalue weighted by molar-refractivity contribution is 5.71. The molecule has 0 aliphatic carbocycles. The van der Waals surface area contributed by atoms with Crippen LogP contribution in [0.15, 0.2) is 72.9 Å². The van der Waals surface area contributed by atoms with E-state index in [1.54, 1.807) is 0 Å². The zero-order chi connectivity index (χ0) is 47.2. The van der Waals surface area contributed by atoms with Gasteiger partial charge < -0.3 is 14.2 Å². The van der Waals surface area contributed by atoms with E-state index in [0.29, 0.717) is 19.3 Å². The van der Waals surface area contributed by atoms with Crippen molar-refractivity contribution in [1.82, 2.24) is 0 Å². The average Bonchev–Trinajstić information content (AvgIpc) is 3.30. The van der Waals surface area contributed by atoms with Crippen LogP contribution in [0.2, 0.25) is 0 Å². The van der Waals surface area contributed by atoms with Crippen molar-refractivity contribution in [2.24, 2.45) is 0 Å². The maximum Gasteiger partial charge on any atom is 0.306 e. The number of carbonyl (C=O) groups excluding carboxylic acids is 3. The molecular weight excluding hydrogens is 805 g/mol. The summed E-state index contributed by atoms with van der Waals surface area (Å²) in [5.41, 5.74) is 0. The van der Waals surface area contributed by atoms with E-state index in [1.165, 1.54) is 122 Å². The molecule has 0 rings (SSSR count). The van der Waals surface area contributed by atoms with Crippen molar-refractivity contribution in [3.05, 3.63) is 72.9 Å². The van der Waals surface area contributed by atoms with Gasteiger partial charge >= 0.3 is 17.9 Å². The van der Waals surface area contributed by atoms with Crippen LogP contribution in [-0.2, 0) is 28.6 Å². The van der Waals surface area contributed by atoms with E-state index in [-0.39, 0.29) is 31.1 Å². The van der Waals surface area contributed by atoms with Crippen LogP contribution in [0.3, 0.4) is 0 Å². The minimum absolute atomic E-state index is 0.0955. The van der Waals surface area contributed by atoms with E-state index in [1.807, 2.05) is 0 Å². The molecular formula is C59H102O6. The smallest absolute Gasteiger partial charge is 0.306 e. The molecule has 0 aliphatic rings. The Kier molecular flexibility index (Phi) is 50.9. The van der Waals surface area contributed by atoms with Crippen LogP contribution in [-0.4, -0.2) is 37.2 Å². The molecule has 1 atom stereocenters. The zero-order valence-corrected chi connectivity index (χ0v) is 42.7. The normalized spacial score (nSPS) is 12.6. The van der Waals surface area contributed by atoms with Gasteiger partial charge in [-0.25, -0.2) is 0 Å². The Balaban J connectivity index is 4.45. The molecule has 0 heterocycles. The third-order valence-corrected chi connectivity index (χ3v) is 11.7. The lowest BCUT2D eigenvalue weighted by atomic mass is 10.1. The van der Waals surface area contributed by atoms with Gasteiger partial charge in [-0.05, 0) is 103 Å². The number of ether oxygens (including phenoxy) is 3. The molecule has 0 amide bonds. The Morgan fingerprint density at radius 1 is 0.338 bits per heavy atom. The number of allylic oxidation sites excluding steroid dienone is 12. The molecule has 0 aromatic carbocycles. The van der Waals surface area contributed by atoms with E-state index in [0.717, 1.165) is 103 Å². The quantitative estimate of drug-likeness (QED) is 0.0199. The van der Waals surface area contributed by atoms with Crippen molar-refractivity contribution in [2.75, 3.05) is 13.2 Å². The van der Waals surface area contributed by atoms with Crippen LogP contribution >= 0.6 is 0 Å². The molecule has 0 N–H and O–H groups in total. The fraction of sp³-hybridized carbons (Fsp3) is 0.746. The van der Waals surface area contributed by atoms with Crippen LogP contribution in [0.1, 0.15) is 265 Å². The minimum atomic E-state index is -0.800. The third kappa shape index (κ3) is 51.7. The molecule has 0 fully saturated rings. The molecule has 0 spiro atoms. The predicted molar refractivity (Wildman–Crippen MR) is 279 cm³/mol. The van der Waals surface area contributed by atoms with Gasteiger partial charge in [0.05, 0.1) is 0 Å². The number of rotatable bonds is 49. The zero-order valence-electron chi connectivity index (χ0n) is 42.7. The van der Waals surface area contributed by atoms with E-state index in [9.17, 15) is 14.4 Å². The topological polar surface area (TPSA) is 78.9 Å². The van der Waals surface area contributed by atoms with E-state index >= 15 is 0 Å². The molecule has 0 bridgehead atoms. The summed E-state index contributed by atoms with van der Waals surface area (Å²) >= 11 is 0. The summed E-state index contributed by atoms with van der Waals surface area (Å²) in [4.78, 5) is 38.1. The predicted octanol–water partition coefficient (Wildman–Crippen LogP) is 18.2. The molecule has 0 aromatic rings. The van der Waals surface area contributed by atoms with Gasteiger partial charge in [-0.2, -0.15) is 0 Å². The Morgan fingerprint density at radius 3 is 1.06 bits per heavy atom. The summed E-state index contributed by atoms with van der Waals surface area (Å²) in [5, 5.41) is 0. The Labute approximate surface area is 402 Å². The largest absolute Gasteiger partial charge is 0.462 e. The second-order valence-electron chi connectivity index (χ2n) is 18.1. The molecule has 0 saturated heterocycles. The minimum Gasteiger partial charge on any atom is -0.462 e. The summed E-state index contributed by atoms with van der Waals surface area (Å²) in [6, 6.07) is 0. The molecule has 0 radical (unpaired) electrons. The fourth-order valence-electron chi connectivity index (χ4n) is 7.56. The molecule has 1 unspecified atom stereocenters. The maximum atomic E-state index is 12.8. The van der Waals surface area contributed by atoms with Gasteiger partial charge in [-0.15, -0.1) is 0 Å². The van der Waals surface area contributed by atoms with Crippen molar-refractivity contribution >= 4 is 17.9 Å². The molecule has 6 heteroatoms. The Hall–Kier alpha value is -3.15. The SMILES string of the molecule is CC/C=C\C/C=C\C/C=C\CCCCCCC(=O)OCC(COC(=O)CCCCCCCCC/C=C\CCCCCCCC)OC(=O)CCCCC/C=C\C=C/CCCCCCCCC. The average molecular weight is 907 g/mol. The lowest BCUT2D eigenvalue weighted by Gasteiger charge is -2.18. The number of carbonyl (C=O) groups is 3. The second kappa shape index (κ2) is 53.5. The van der Waals surface area contributed by atoms with Gasteiger partial charge in [-0.1, -0.05) is 216 Å². The van der Waals surface area contributed by atoms with Crippen molar-refractivity contribution < 1.29 is 28.6 Å². The highest BCUT2D eigenvalue weighted by atomic mass is 16.6. The van der Waals surface area contributed by atoms with Gasteiger partial charge in [0.15, 0.2) is 6.10 Å². The lowest BCUT2D eigenvalue weighted by Crippen LogP contribution is -2.30. The van der Waals surface area contributed by atoms with Crippen molar-refractivity contribution in [3.8, 4) is 0 Å². The number of unbranched alkanes of at least 4 members (excludes halogenated alkanes) is 27. The third-order valence-electron chi connectivity index (χ3n) is 11.7. The molecule has 65 heavy (non-hydrogen) atoms. The highest BCUT2D eigenvalue weighted by Crippen LogP contribution is 2.14. The number of esters is 3.